The maximum absolute atomic E-state index is 11.1. The van der Waals surface area contributed by atoms with Gasteiger partial charge in [-0.25, -0.2) is 0 Å². The van der Waals surface area contributed by atoms with Crippen LogP contribution in [-0.4, -0.2) is 31.6 Å². The molecule has 0 atom stereocenters. The molecule has 1 aromatic carbocycles. The van der Waals surface area contributed by atoms with Gasteiger partial charge in [-0.3, -0.25) is 4.79 Å². The normalized spacial score (nSPS) is 19.1. The molecule has 0 saturated carbocycles. The molecule has 4 heteroatoms. The first kappa shape index (κ1) is 12.4. The van der Waals surface area contributed by atoms with Gasteiger partial charge in [0.2, 0.25) is 0 Å². The molecule has 1 aliphatic heterocycles. The Morgan fingerprint density at radius 3 is 2.88 bits per heavy atom. The number of nitrogens with zero attached hydrogens (tertiary/aromatic N) is 1. The summed E-state index contributed by atoms with van der Waals surface area (Å²) in [5, 5.41) is 0.502. The number of hydrogen-bond acceptors (Lipinski definition) is 3. The van der Waals surface area contributed by atoms with E-state index in [0.29, 0.717) is 17.2 Å². The van der Waals surface area contributed by atoms with E-state index in [2.05, 4.69) is 4.90 Å². The van der Waals surface area contributed by atoms with Crippen LogP contribution in [0.15, 0.2) is 18.2 Å². The highest BCUT2D eigenvalue weighted by atomic mass is 35.5. The van der Waals surface area contributed by atoms with E-state index in [1.807, 2.05) is 26.0 Å². The predicted molar refractivity (Wildman–Crippen MR) is 69.1 cm³/mol. The lowest BCUT2D eigenvalue weighted by Gasteiger charge is -2.40. The van der Waals surface area contributed by atoms with Crippen LogP contribution in [0.1, 0.15) is 24.2 Å². The third kappa shape index (κ3) is 2.61. The number of rotatable bonds is 2. The summed E-state index contributed by atoms with van der Waals surface area (Å²) < 4.78 is 5.66. The first-order chi connectivity index (χ1) is 8.03. The second-order valence-electron chi connectivity index (χ2n) is 4.82. The Bertz CT molecular complexity index is 431. The highest BCUT2D eigenvalue weighted by molar-refractivity contribution is 6.33. The summed E-state index contributed by atoms with van der Waals surface area (Å²) >= 11 is 6.03. The van der Waals surface area contributed by atoms with Crippen LogP contribution in [0.5, 0.6) is 0 Å². The lowest BCUT2D eigenvalue weighted by Crippen LogP contribution is -2.48. The maximum atomic E-state index is 11.1. The van der Waals surface area contributed by atoms with Crippen molar-refractivity contribution in [3.8, 4) is 0 Å². The molecule has 0 bridgehead atoms. The number of halogens is 1. The quantitative estimate of drug-likeness (QED) is 0.759. The van der Waals surface area contributed by atoms with E-state index in [1.165, 1.54) is 0 Å². The zero-order valence-electron chi connectivity index (χ0n) is 10.1. The van der Waals surface area contributed by atoms with Crippen LogP contribution >= 0.6 is 11.6 Å². The van der Waals surface area contributed by atoms with E-state index in [4.69, 9.17) is 16.3 Å². The van der Waals surface area contributed by atoms with Crippen LogP contribution in [0.25, 0.3) is 0 Å². The molecule has 1 aromatic rings. The molecule has 0 aromatic heterocycles. The van der Waals surface area contributed by atoms with Gasteiger partial charge in [0.25, 0.3) is 0 Å². The minimum Gasteiger partial charge on any atom is -0.372 e. The summed E-state index contributed by atoms with van der Waals surface area (Å²) in [7, 11) is 0. The minimum atomic E-state index is -0.194. The summed E-state index contributed by atoms with van der Waals surface area (Å²) in [6.07, 6.45) is 0.820. The van der Waals surface area contributed by atoms with E-state index in [1.54, 1.807) is 6.07 Å². The Morgan fingerprint density at radius 2 is 2.24 bits per heavy atom. The number of carbonyl (C=O) groups excluding carboxylic acids is 1. The van der Waals surface area contributed by atoms with Crippen molar-refractivity contribution in [2.24, 2.45) is 0 Å². The number of morpholine rings is 1. The minimum absolute atomic E-state index is 0.194. The molecule has 3 nitrogen and oxygen atoms in total. The zero-order chi connectivity index (χ0) is 12.5. The van der Waals surface area contributed by atoms with Crippen molar-refractivity contribution in [3.05, 3.63) is 28.8 Å². The van der Waals surface area contributed by atoms with E-state index >= 15 is 0 Å². The van der Waals surface area contributed by atoms with Crippen molar-refractivity contribution in [2.45, 2.75) is 19.4 Å². The summed E-state index contributed by atoms with van der Waals surface area (Å²) in [5.41, 5.74) is 1.26. The molecule has 0 unspecified atom stereocenters. The van der Waals surface area contributed by atoms with Crippen molar-refractivity contribution in [3.63, 3.8) is 0 Å². The number of benzene rings is 1. The van der Waals surface area contributed by atoms with Crippen LogP contribution in [0, 0.1) is 0 Å². The first-order valence-corrected chi connectivity index (χ1v) is 6.04. The molecule has 1 heterocycles. The molecule has 17 heavy (non-hydrogen) atoms. The molecule has 2 rings (SSSR count). The summed E-state index contributed by atoms with van der Waals surface area (Å²) in [4.78, 5) is 13.3. The monoisotopic (exact) mass is 253 g/mol. The van der Waals surface area contributed by atoms with E-state index in [0.717, 1.165) is 25.1 Å². The molecular formula is C13H16ClNO2. The predicted octanol–water partition coefficient (Wildman–Crippen LogP) is 2.77. The average Bonchev–Trinajstić information content (AvgIpc) is 2.27. The smallest absolute Gasteiger partial charge is 0.153 e. The Morgan fingerprint density at radius 1 is 1.47 bits per heavy atom. The van der Waals surface area contributed by atoms with Crippen molar-refractivity contribution >= 4 is 23.6 Å². The van der Waals surface area contributed by atoms with Gasteiger partial charge in [0.15, 0.2) is 6.29 Å². The molecular weight excluding hydrogens is 238 g/mol. The number of aldehydes is 1. The summed E-state index contributed by atoms with van der Waals surface area (Å²) in [6.45, 7) is 6.30. The van der Waals surface area contributed by atoms with Gasteiger partial charge in [0.05, 0.1) is 22.8 Å². The molecule has 1 fully saturated rings. The first-order valence-electron chi connectivity index (χ1n) is 5.66. The molecule has 1 saturated heterocycles. The molecule has 0 radical (unpaired) electrons. The third-order valence-corrected chi connectivity index (χ3v) is 3.24. The Labute approximate surface area is 106 Å². The molecule has 1 aliphatic rings. The number of anilines is 1. The van der Waals surface area contributed by atoms with Crippen LogP contribution < -0.4 is 4.90 Å². The lowest BCUT2D eigenvalue weighted by atomic mass is 10.1. The highest BCUT2D eigenvalue weighted by Crippen LogP contribution is 2.29. The van der Waals surface area contributed by atoms with Gasteiger partial charge in [-0.05, 0) is 26.0 Å². The molecule has 0 N–H and O–H groups in total. The van der Waals surface area contributed by atoms with E-state index < -0.39 is 0 Å². The van der Waals surface area contributed by atoms with Gasteiger partial charge in [-0.15, -0.1) is 0 Å². The maximum Gasteiger partial charge on any atom is 0.153 e. The van der Waals surface area contributed by atoms with Gasteiger partial charge in [-0.1, -0.05) is 17.7 Å². The van der Waals surface area contributed by atoms with Crippen LogP contribution in [0.4, 0.5) is 5.69 Å². The van der Waals surface area contributed by atoms with Crippen LogP contribution in [0.3, 0.4) is 0 Å². The third-order valence-electron chi connectivity index (χ3n) is 2.91. The fourth-order valence-electron chi connectivity index (χ4n) is 2.14. The van der Waals surface area contributed by atoms with Crippen molar-refractivity contribution in [1.29, 1.82) is 0 Å². The van der Waals surface area contributed by atoms with Gasteiger partial charge in [0.1, 0.15) is 0 Å². The van der Waals surface area contributed by atoms with E-state index in [9.17, 15) is 4.79 Å². The Hall–Kier alpha value is -1.06. The van der Waals surface area contributed by atoms with E-state index in [-0.39, 0.29) is 5.60 Å². The van der Waals surface area contributed by atoms with Gasteiger partial charge in [-0.2, -0.15) is 0 Å². The number of ether oxygens (including phenoxy) is 1. The molecule has 0 aliphatic carbocycles. The topological polar surface area (TPSA) is 29.5 Å². The van der Waals surface area contributed by atoms with Gasteiger partial charge >= 0.3 is 0 Å². The van der Waals surface area contributed by atoms with Crippen molar-refractivity contribution in [2.75, 3.05) is 24.6 Å². The summed E-state index contributed by atoms with van der Waals surface area (Å²) in [5.74, 6) is 0. The highest BCUT2D eigenvalue weighted by Gasteiger charge is 2.28. The van der Waals surface area contributed by atoms with Crippen LogP contribution in [0.2, 0.25) is 5.02 Å². The zero-order valence-corrected chi connectivity index (χ0v) is 10.8. The number of hydrogen-bond donors (Lipinski definition) is 0. The lowest BCUT2D eigenvalue weighted by molar-refractivity contribution is -0.0277. The molecule has 0 spiro atoms. The SMILES string of the molecule is CC1(C)CN(c2cccc(Cl)c2C=O)CCO1. The average molecular weight is 254 g/mol. The standard InChI is InChI=1S/C13H16ClNO2/c1-13(2)9-15(6-7-17-13)12-5-3-4-11(14)10(12)8-16/h3-5,8H,6-7,9H2,1-2H3. The number of carbonyl (C=O) groups is 1. The second-order valence-corrected chi connectivity index (χ2v) is 5.23. The summed E-state index contributed by atoms with van der Waals surface area (Å²) in [6, 6.07) is 5.53. The van der Waals surface area contributed by atoms with Gasteiger partial charge in [0, 0.05) is 18.8 Å². The van der Waals surface area contributed by atoms with Crippen LogP contribution in [-0.2, 0) is 4.74 Å². The fraction of sp³-hybridized carbons (Fsp3) is 0.462. The fourth-order valence-corrected chi connectivity index (χ4v) is 2.35. The largest absolute Gasteiger partial charge is 0.372 e. The second kappa shape index (κ2) is 4.67. The molecule has 0 amide bonds. The Balaban J connectivity index is 2.34. The van der Waals surface area contributed by atoms with Crippen molar-refractivity contribution in [1.82, 2.24) is 0 Å². The Kier molecular flexibility index (Phi) is 3.40. The van der Waals surface area contributed by atoms with Gasteiger partial charge < -0.3 is 9.64 Å². The molecule has 92 valence electrons. The van der Waals surface area contributed by atoms with Crippen molar-refractivity contribution < 1.29 is 9.53 Å².